The molecule has 3 N–H and O–H groups in total. The van der Waals surface area contributed by atoms with Crippen LogP contribution in [-0.2, 0) is 6.54 Å². The number of hydrogen-bond acceptors (Lipinski definition) is 5. The molecule has 0 radical (unpaired) electrons. The quantitative estimate of drug-likeness (QED) is 0.286. The van der Waals surface area contributed by atoms with Crippen molar-refractivity contribution in [3.05, 3.63) is 70.5 Å². The molecule has 3 heterocycles. The predicted octanol–water partition coefficient (Wildman–Crippen LogP) is 6.39. The number of aromatic amines is 1. The first-order valence-corrected chi connectivity index (χ1v) is 13.3. The van der Waals surface area contributed by atoms with Gasteiger partial charge >= 0.3 is 0 Å². The van der Waals surface area contributed by atoms with E-state index in [0.29, 0.717) is 29.0 Å². The second kappa shape index (κ2) is 9.51. The highest BCUT2D eigenvalue weighted by Gasteiger charge is 2.26. The fourth-order valence-electron chi connectivity index (χ4n) is 5.54. The van der Waals surface area contributed by atoms with Crippen molar-refractivity contribution in [3.8, 4) is 11.3 Å². The summed E-state index contributed by atoms with van der Waals surface area (Å²) in [6, 6.07) is 14.3. The van der Waals surface area contributed by atoms with E-state index in [-0.39, 0.29) is 0 Å². The zero-order chi connectivity index (χ0) is 24.8. The highest BCUT2D eigenvalue weighted by Crippen LogP contribution is 2.42. The van der Waals surface area contributed by atoms with Crippen molar-refractivity contribution >= 4 is 34.1 Å². The first-order valence-electron chi connectivity index (χ1n) is 12.9. The van der Waals surface area contributed by atoms with E-state index in [0.717, 1.165) is 47.5 Å². The second-order valence-electron chi connectivity index (χ2n) is 10.7. The lowest BCUT2D eigenvalue weighted by molar-refractivity contribution is 0.166. The fourth-order valence-corrected chi connectivity index (χ4v) is 5.74. The van der Waals surface area contributed by atoms with Gasteiger partial charge in [0.25, 0.3) is 0 Å². The molecule has 186 valence electrons. The van der Waals surface area contributed by atoms with Crippen molar-refractivity contribution in [1.29, 1.82) is 0 Å². The predicted molar refractivity (Wildman–Crippen MR) is 148 cm³/mol. The van der Waals surface area contributed by atoms with E-state index < -0.39 is 0 Å². The number of halogens is 1. The Morgan fingerprint density at radius 1 is 1.08 bits per heavy atom. The Morgan fingerprint density at radius 3 is 2.67 bits per heavy atom. The first kappa shape index (κ1) is 23.5. The number of piperazine rings is 1. The van der Waals surface area contributed by atoms with E-state index in [1.165, 1.54) is 29.5 Å². The maximum atomic E-state index is 6.58. The number of nitrogens with zero attached hydrogens (tertiary/aromatic N) is 3. The SMILES string of the molecule is Cc1ccc2c(-c3nc(Nc4cc(CN5CC(C)NC(C)C5)cc(C5CC5)c4)ncc3Cl)c[nH]c2c1. The van der Waals surface area contributed by atoms with Gasteiger partial charge in [0.1, 0.15) is 0 Å². The molecule has 0 spiro atoms. The lowest BCUT2D eigenvalue weighted by Gasteiger charge is -2.36. The molecule has 7 heteroatoms. The summed E-state index contributed by atoms with van der Waals surface area (Å²) in [5, 5.41) is 8.76. The molecule has 1 aliphatic heterocycles. The minimum Gasteiger partial charge on any atom is -0.360 e. The molecule has 1 aliphatic carbocycles. The number of aryl methyl sites for hydroxylation is 1. The van der Waals surface area contributed by atoms with Gasteiger partial charge in [-0.15, -0.1) is 0 Å². The molecule has 6 nitrogen and oxygen atoms in total. The number of fused-ring (bicyclic) bond motifs is 1. The summed E-state index contributed by atoms with van der Waals surface area (Å²) < 4.78 is 0. The molecule has 6 rings (SSSR count). The smallest absolute Gasteiger partial charge is 0.227 e. The normalized spacial score (nSPS) is 20.7. The Balaban J connectivity index is 1.29. The average molecular weight is 501 g/mol. The van der Waals surface area contributed by atoms with Crippen molar-refractivity contribution in [2.45, 2.75) is 58.2 Å². The van der Waals surface area contributed by atoms with Gasteiger partial charge < -0.3 is 15.6 Å². The van der Waals surface area contributed by atoms with E-state index >= 15 is 0 Å². The van der Waals surface area contributed by atoms with Gasteiger partial charge in [-0.3, -0.25) is 4.90 Å². The van der Waals surface area contributed by atoms with E-state index in [9.17, 15) is 0 Å². The Kier molecular flexibility index (Phi) is 6.20. The zero-order valence-corrected chi connectivity index (χ0v) is 21.9. The minimum absolute atomic E-state index is 0.507. The lowest BCUT2D eigenvalue weighted by atomic mass is 10.0. The van der Waals surface area contributed by atoms with Crippen molar-refractivity contribution in [2.24, 2.45) is 0 Å². The van der Waals surface area contributed by atoms with Crippen LogP contribution in [0.1, 0.15) is 49.3 Å². The van der Waals surface area contributed by atoms with Crippen molar-refractivity contribution < 1.29 is 0 Å². The van der Waals surface area contributed by atoms with Gasteiger partial charge in [-0.05, 0) is 74.4 Å². The van der Waals surface area contributed by atoms with Crippen molar-refractivity contribution in [3.63, 3.8) is 0 Å². The van der Waals surface area contributed by atoms with E-state index in [1.54, 1.807) is 6.20 Å². The van der Waals surface area contributed by atoms with E-state index in [2.05, 4.69) is 82.7 Å². The highest BCUT2D eigenvalue weighted by atomic mass is 35.5. The number of benzene rings is 2. The van der Waals surface area contributed by atoms with Crippen molar-refractivity contribution in [2.75, 3.05) is 18.4 Å². The van der Waals surface area contributed by atoms with Gasteiger partial charge in [-0.25, -0.2) is 9.97 Å². The second-order valence-corrected chi connectivity index (χ2v) is 11.1. The van der Waals surface area contributed by atoms with Gasteiger partial charge in [0.05, 0.1) is 16.9 Å². The maximum absolute atomic E-state index is 6.58. The van der Waals surface area contributed by atoms with Crippen LogP contribution in [0.2, 0.25) is 5.02 Å². The summed E-state index contributed by atoms with van der Waals surface area (Å²) in [4.78, 5) is 15.3. The molecular formula is C29H33ClN6. The summed E-state index contributed by atoms with van der Waals surface area (Å²) in [6.45, 7) is 9.70. The van der Waals surface area contributed by atoms with Crippen LogP contribution >= 0.6 is 11.6 Å². The zero-order valence-electron chi connectivity index (χ0n) is 21.1. The van der Waals surface area contributed by atoms with Crippen LogP contribution in [0.25, 0.3) is 22.2 Å². The minimum atomic E-state index is 0.507. The summed E-state index contributed by atoms with van der Waals surface area (Å²) in [5.41, 5.74) is 7.78. The third kappa shape index (κ3) is 4.99. The van der Waals surface area contributed by atoms with Crippen LogP contribution in [0.4, 0.5) is 11.6 Å². The standard InChI is InChI=1S/C29H33ClN6/c1-17-4-7-24-25(12-31-27(24)8-17)28-26(30)13-32-29(35-28)34-23-10-20(9-22(11-23)21-5-6-21)16-36-14-18(2)33-19(3)15-36/h4,7-13,18-19,21,31,33H,5-6,14-16H2,1-3H3,(H,32,34,35). The third-order valence-corrected chi connectivity index (χ3v) is 7.47. The molecule has 4 aromatic rings. The average Bonchev–Trinajstić information content (AvgIpc) is 3.60. The largest absolute Gasteiger partial charge is 0.360 e. The number of aromatic nitrogens is 3. The molecule has 0 bridgehead atoms. The van der Waals surface area contributed by atoms with Gasteiger partial charge in [0, 0.05) is 60.1 Å². The van der Waals surface area contributed by atoms with Crippen LogP contribution in [-0.4, -0.2) is 45.0 Å². The molecule has 1 saturated carbocycles. The molecule has 2 aromatic heterocycles. The molecule has 2 unspecified atom stereocenters. The molecule has 2 atom stereocenters. The lowest BCUT2D eigenvalue weighted by Crippen LogP contribution is -2.53. The van der Waals surface area contributed by atoms with Gasteiger partial charge in [0.15, 0.2) is 0 Å². The Bertz CT molecular complexity index is 1400. The molecule has 2 aliphatic rings. The Labute approximate surface area is 217 Å². The molecule has 2 fully saturated rings. The monoisotopic (exact) mass is 500 g/mol. The first-order chi connectivity index (χ1) is 17.4. The van der Waals surface area contributed by atoms with E-state index in [4.69, 9.17) is 16.6 Å². The number of H-pyrrole nitrogens is 1. The summed E-state index contributed by atoms with van der Waals surface area (Å²) in [5.74, 6) is 1.22. The molecule has 2 aromatic carbocycles. The van der Waals surface area contributed by atoms with Gasteiger partial charge in [-0.2, -0.15) is 0 Å². The molecule has 0 amide bonds. The summed E-state index contributed by atoms with van der Waals surface area (Å²) in [7, 11) is 0. The number of anilines is 2. The number of rotatable bonds is 6. The van der Waals surface area contributed by atoms with Crippen LogP contribution in [0.3, 0.4) is 0 Å². The summed E-state index contributed by atoms with van der Waals surface area (Å²) in [6.07, 6.45) is 6.20. The number of hydrogen-bond donors (Lipinski definition) is 3. The van der Waals surface area contributed by atoms with E-state index in [1.807, 2.05) is 6.20 Å². The van der Waals surface area contributed by atoms with Crippen LogP contribution < -0.4 is 10.6 Å². The highest BCUT2D eigenvalue weighted by molar-refractivity contribution is 6.33. The third-order valence-electron chi connectivity index (χ3n) is 7.20. The molecular weight excluding hydrogens is 468 g/mol. The maximum Gasteiger partial charge on any atom is 0.227 e. The Morgan fingerprint density at radius 2 is 1.89 bits per heavy atom. The molecule has 36 heavy (non-hydrogen) atoms. The van der Waals surface area contributed by atoms with Crippen LogP contribution in [0, 0.1) is 6.92 Å². The molecule has 1 saturated heterocycles. The summed E-state index contributed by atoms with van der Waals surface area (Å²) >= 11 is 6.58. The van der Waals surface area contributed by atoms with Crippen LogP contribution in [0.15, 0.2) is 48.8 Å². The Hall–Kier alpha value is -2.93. The van der Waals surface area contributed by atoms with Gasteiger partial charge in [-0.1, -0.05) is 29.8 Å². The van der Waals surface area contributed by atoms with Crippen molar-refractivity contribution in [1.82, 2.24) is 25.2 Å². The van der Waals surface area contributed by atoms with Crippen LogP contribution in [0.5, 0.6) is 0 Å². The number of nitrogens with one attached hydrogen (secondary N) is 3. The fraction of sp³-hybridized carbons (Fsp3) is 0.379. The van der Waals surface area contributed by atoms with Gasteiger partial charge in [0.2, 0.25) is 5.95 Å². The topological polar surface area (TPSA) is 68.9 Å².